The zero-order valence-electron chi connectivity index (χ0n) is 15.2. The van der Waals surface area contributed by atoms with Crippen LogP contribution >= 0.6 is 0 Å². The summed E-state index contributed by atoms with van der Waals surface area (Å²) in [6.45, 7) is 6.53. The van der Waals surface area contributed by atoms with Gasteiger partial charge in [0.05, 0.1) is 6.26 Å². The third-order valence-corrected chi connectivity index (χ3v) is 4.19. The zero-order chi connectivity index (χ0) is 18.4. The van der Waals surface area contributed by atoms with Crippen LogP contribution in [0.15, 0.2) is 27.8 Å². The first-order valence-electron chi connectivity index (χ1n) is 8.97. The van der Waals surface area contributed by atoms with Crippen molar-refractivity contribution in [2.75, 3.05) is 19.6 Å². The van der Waals surface area contributed by atoms with Gasteiger partial charge in [0.2, 0.25) is 11.7 Å². The maximum absolute atomic E-state index is 11.8. The second kappa shape index (κ2) is 8.50. The number of likely N-dealkylation sites (tertiary alicyclic amines) is 1. The highest BCUT2D eigenvalue weighted by molar-refractivity contribution is 5.80. The Labute approximate surface area is 152 Å². The molecule has 1 fully saturated rings. The van der Waals surface area contributed by atoms with E-state index >= 15 is 0 Å². The molecule has 1 unspecified atom stereocenters. The molecule has 1 saturated heterocycles. The van der Waals surface area contributed by atoms with Crippen LogP contribution in [0.2, 0.25) is 0 Å². The summed E-state index contributed by atoms with van der Waals surface area (Å²) < 4.78 is 5.29. The maximum Gasteiger partial charge on any atom is 0.222 e. The molecule has 1 aliphatic rings. The van der Waals surface area contributed by atoms with Crippen LogP contribution in [0.4, 0.5) is 0 Å². The van der Waals surface area contributed by atoms with E-state index < -0.39 is 0 Å². The minimum absolute atomic E-state index is 0.198. The van der Waals surface area contributed by atoms with Gasteiger partial charge in [0.15, 0.2) is 11.7 Å². The number of nitrogens with zero attached hydrogens (tertiary/aromatic N) is 4. The molecule has 3 rings (SSSR count). The summed E-state index contributed by atoms with van der Waals surface area (Å²) in [5.74, 6) is 2.70. The molecule has 3 N–H and O–H groups in total. The number of amides is 1. The Kier molecular flexibility index (Phi) is 5.88. The fraction of sp³-hybridized carbons (Fsp3) is 0.529. The molecule has 0 bridgehead atoms. The van der Waals surface area contributed by atoms with Gasteiger partial charge < -0.3 is 20.0 Å². The lowest BCUT2D eigenvalue weighted by atomic mass is 10.3. The molecule has 1 amide bonds. The van der Waals surface area contributed by atoms with E-state index in [4.69, 9.17) is 4.42 Å². The predicted octanol–water partition coefficient (Wildman–Crippen LogP) is 1.13. The summed E-state index contributed by atoms with van der Waals surface area (Å²) in [7, 11) is 0. The Morgan fingerprint density at radius 2 is 2.38 bits per heavy atom. The Hall–Kier alpha value is -2.84. The van der Waals surface area contributed by atoms with Gasteiger partial charge in [-0.3, -0.25) is 9.89 Å². The highest BCUT2D eigenvalue weighted by Crippen LogP contribution is 2.14. The lowest BCUT2D eigenvalue weighted by Gasteiger charge is -2.18. The van der Waals surface area contributed by atoms with E-state index in [9.17, 15) is 4.79 Å². The fourth-order valence-electron chi connectivity index (χ4n) is 2.88. The number of guanidine groups is 1. The number of aromatic nitrogens is 3. The summed E-state index contributed by atoms with van der Waals surface area (Å²) in [5.41, 5.74) is 0. The number of aliphatic imine (C=N–C) groups is 1. The third kappa shape index (κ3) is 4.41. The fourth-order valence-corrected chi connectivity index (χ4v) is 2.88. The summed E-state index contributed by atoms with van der Waals surface area (Å²) in [6.07, 6.45) is 3.05. The molecule has 2 aromatic heterocycles. The van der Waals surface area contributed by atoms with Crippen LogP contribution in [0.25, 0.3) is 11.6 Å². The molecule has 0 saturated carbocycles. The third-order valence-electron chi connectivity index (χ3n) is 4.19. The van der Waals surface area contributed by atoms with Crippen molar-refractivity contribution in [2.45, 2.75) is 39.3 Å². The topological polar surface area (TPSA) is 111 Å². The first kappa shape index (κ1) is 18.0. The molecule has 1 atom stereocenters. The minimum atomic E-state index is 0.198. The predicted molar refractivity (Wildman–Crippen MR) is 97.3 cm³/mol. The molecule has 0 radical (unpaired) electrons. The van der Waals surface area contributed by atoms with Gasteiger partial charge in [-0.1, -0.05) is 6.92 Å². The average Bonchev–Trinajstić information content (AvgIpc) is 3.39. The lowest BCUT2D eigenvalue weighted by Crippen LogP contribution is -2.45. The Balaban J connectivity index is 1.58. The number of nitrogens with one attached hydrogen (secondary N) is 3. The zero-order valence-corrected chi connectivity index (χ0v) is 15.2. The van der Waals surface area contributed by atoms with Gasteiger partial charge in [-0.05, 0) is 25.5 Å². The van der Waals surface area contributed by atoms with Crippen LogP contribution in [0.3, 0.4) is 0 Å². The van der Waals surface area contributed by atoms with E-state index in [2.05, 4.69) is 30.8 Å². The van der Waals surface area contributed by atoms with Crippen molar-refractivity contribution in [2.24, 2.45) is 4.99 Å². The minimum Gasteiger partial charge on any atom is -0.461 e. The van der Waals surface area contributed by atoms with E-state index in [1.807, 2.05) is 24.8 Å². The molecule has 9 nitrogen and oxygen atoms in total. The quantitative estimate of drug-likeness (QED) is 0.527. The molecule has 9 heteroatoms. The second-order valence-electron chi connectivity index (χ2n) is 6.10. The Bertz CT molecular complexity index is 738. The average molecular weight is 359 g/mol. The van der Waals surface area contributed by atoms with Gasteiger partial charge in [0, 0.05) is 32.1 Å². The number of rotatable bonds is 6. The number of carbonyl (C=O) groups is 1. The summed E-state index contributed by atoms with van der Waals surface area (Å²) in [5, 5.41) is 13.6. The first-order valence-corrected chi connectivity index (χ1v) is 8.97. The van der Waals surface area contributed by atoms with Crippen molar-refractivity contribution >= 4 is 11.9 Å². The molecular formula is C17H25N7O2. The molecule has 26 heavy (non-hydrogen) atoms. The molecule has 3 heterocycles. The van der Waals surface area contributed by atoms with Crippen molar-refractivity contribution in [3.05, 3.63) is 24.2 Å². The Morgan fingerprint density at radius 1 is 1.50 bits per heavy atom. The van der Waals surface area contributed by atoms with E-state index in [0.29, 0.717) is 42.9 Å². The number of hydrogen-bond donors (Lipinski definition) is 3. The maximum atomic E-state index is 11.8. The summed E-state index contributed by atoms with van der Waals surface area (Å²) in [4.78, 5) is 22.6. The van der Waals surface area contributed by atoms with Crippen molar-refractivity contribution < 1.29 is 9.21 Å². The van der Waals surface area contributed by atoms with Crippen LogP contribution in [0.1, 0.15) is 32.5 Å². The molecule has 1 aliphatic heterocycles. The number of H-pyrrole nitrogens is 1. The SMILES string of the molecule is CCNC(=NCc1nc(-c2ccco2)n[nH]1)NC1CCN(C(=O)CC)C1. The van der Waals surface area contributed by atoms with Gasteiger partial charge in [-0.25, -0.2) is 9.98 Å². The van der Waals surface area contributed by atoms with E-state index in [1.165, 1.54) is 0 Å². The lowest BCUT2D eigenvalue weighted by molar-refractivity contribution is -0.129. The van der Waals surface area contributed by atoms with Crippen molar-refractivity contribution in [3.8, 4) is 11.6 Å². The van der Waals surface area contributed by atoms with Crippen LogP contribution in [0, 0.1) is 0 Å². The normalized spacial score (nSPS) is 17.5. The van der Waals surface area contributed by atoms with Crippen LogP contribution in [-0.4, -0.2) is 57.6 Å². The van der Waals surface area contributed by atoms with E-state index in [1.54, 1.807) is 12.3 Å². The van der Waals surface area contributed by atoms with Gasteiger partial charge in [0.25, 0.3) is 0 Å². The number of hydrogen-bond acceptors (Lipinski definition) is 5. The molecule has 0 spiro atoms. The molecule has 2 aromatic rings. The molecule has 140 valence electrons. The number of carbonyl (C=O) groups excluding carboxylic acids is 1. The van der Waals surface area contributed by atoms with Crippen molar-refractivity contribution in [3.63, 3.8) is 0 Å². The highest BCUT2D eigenvalue weighted by Gasteiger charge is 2.25. The van der Waals surface area contributed by atoms with Crippen molar-refractivity contribution in [1.82, 2.24) is 30.7 Å². The van der Waals surface area contributed by atoms with Crippen LogP contribution in [0.5, 0.6) is 0 Å². The largest absolute Gasteiger partial charge is 0.461 e. The highest BCUT2D eigenvalue weighted by atomic mass is 16.3. The summed E-state index contributed by atoms with van der Waals surface area (Å²) in [6, 6.07) is 3.81. The summed E-state index contributed by atoms with van der Waals surface area (Å²) >= 11 is 0. The Morgan fingerprint density at radius 3 is 3.12 bits per heavy atom. The van der Waals surface area contributed by atoms with Crippen LogP contribution < -0.4 is 10.6 Å². The van der Waals surface area contributed by atoms with Gasteiger partial charge >= 0.3 is 0 Å². The van der Waals surface area contributed by atoms with E-state index in [0.717, 1.165) is 19.5 Å². The van der Waals surface area contributed by atoms with Gasteiger partial charge in [-0.2, -0.15) is 0 Å². The van der Waals surface area contributed by atoms with E-state index in [-0.39, 0.29) is 11.9 Å². The molecule has 0 aromatic carbocycles. The molecular weight excluding hydrogens is 334 g/mol. The van der Waals surface area contributed by atoms with Crippen molar-refractivity contribution in [1.29, 1.82) is 0 Å². The number of furan rings is 1. The van der Waals surface area contributed by atoms with Gasteiger partial charge in [-0.15, -0.1) is 5.10 Å². The first-order chi connectivity index (χ1) is 12.7. The van der Waals surface area contributed by atoms with Crippen LogP contribution in [-0.2, 0) is 11.3 Å². The van der Waals surface area contributed by atoms with Gasteiger partial charge in [0.1, 0.15) is 12.4 Å². The smallest absolute Gasteiger partial charge is 0.222 e. The second-order valence-corrected chi connectivity index (χ2v) is 6.10. The number of aromatic amines is 1. The standard InChI is InChI=1S/C17H25N7O2/c1-3-15(25)24-8-7-12(11-24)20-17(18-4-2)19-10-14-21-16(23-22-14)13-6-5-9-26-13/h5-6,9,12H,3-4,7-8,10-11H2,1-2H3,(H2,18,19,20)(H,21,22,23). The monoisotopic (exact) mass is 359 g/mol. The molecule has 0 aliphatic carbocycles.